The summed E-state index contributed by atoms with van der Waals surface area (Å²) in [6, 6.07) is 2.46. The SMILES string of the molecule is Cc1cc(S(=O)(=O)NC2CCC(C)CC2)cc(N)c1F. The van der Waals surface area contributed by atoms with Crippen LogP contribution in [0.5, 0.6) is 0 Å². The van der Waals surface area contributed by atoms with Crippen molar-refractivity contribution in [2.75, 3.05) is 5.73 Å². The normalized spacial score (nSPS) is 23.8. The van der Waals surface area contributed by atoms with E-state index in [4.69, 9.17) is 5.73 Å². The van der Waals surface area contributed by atoms with Crippen LogP contribution in [0.25, 0.3) is 0 Å². The van der Waals surface area contributed by atoms with Crippen LogP contribution >= 0.6 is 0 Å². The van der Waals surface area contributed by atoms with Gasteiger partial charge in [0.1, 0.15) is 5.82 Å². The van der Waals surface area contributed by atoms with E-state index in [9.17, 15) is 12.8 Å². The Bertz CT molecular complexity index is 570. The molecule has 1 fully saturated rings. The zero-order valence-corrected chi connectivity index (χ0v) is 12.6. The molecule has 112 valence electrons. The molecule has 2 rings (SSSR count). The molecule has 0 atom stereocenters. The van der Waals surface area contributed by atoms with Crippen LogP contribution in [0.4, 0.5) is 10.1 Å². The number of sulfonamides is 1. The molecule has 3 N–H and O–H groups in total. The summed E-state index contributed by atoms with van der Waals surface area (Å²) in [6.07, 6.45) is 3.74. The molecule has 6 heteroatoms. The van der Waals surface area contributed by atoms with E-state index in [-0.39, 0.29) is 22.2 Å². The van der Waals surface area contributed by atoms with E-state index in [0.717, 1.165) is 25.7 Å². The minimum Gasteiger partial charge on any atom is -0.396 e. The quantitative estimate of drug-likeness (QED) is 0.843. The summed E-state index contributed by atoms with van der Waals surface area (Å²) in [4.78, 5) is 0.0347. The Hall–Kier alpha value is -1.14. The van der Waals surface area contributed by atoms with Gasteiger partial charge in [0.2, 0.25) is 10.0 Å². The number of aryl methyl sites for hydroxylation is 1. The van der Waals surface area contributed by atoms with E-state index in [1.54, 1.807) is 0 Å². The average molecular weight is 300 g/mol. The second-order valence-corrected chi connectivity index (χ2v) is 7.44. The number of nitrogens with one attached hydrogen (secondary N) is 1. The number of hydrogen-bond donors (Lipinski definition) is 2. The number of nitrogens with two attached hydrogens (primary N) is 1. The lowest BCUT2D eigenvalue weighted by Crippen LogP contribution is -2.37. The third-order valence-electron chi connectivity index (χ3n) is 3.90. The molecule has 0 radical (unpaired) electrons. The van der Waals surface area contributed by atoms with Crippen molar-refractivity contribution in [1.29, 1.82) is 0 Å². The fraction of sp³-hybridized carbons (Fsp3) is 0.571. The van der Waals surface area contributed by atoms with Crippen LogP contribution in [0.3, 0.4) is 0 Å². The molecule has 0 aliphatic heterocycles. The van der Waals surface area contributed by atoms with Gasteiger partial charge in [-0.3, -0.25) is 0 Å². The number of hydrogen-bond acceptors (Lipinski definition) is 3. The van der Waals surface area contributed by atoms with Gasteiger partial charge in [0.05, 0.1) is 10.6 Å². The largest absolute Gasteiger partial charge is 0.396 e. The third-order valence-corrected chi connectivity index (χ3v) is 5.40. The highest BCUT2D eigenvalue weighted by Crippen LogP contribution is 2.26. The molecular formula is C14H21FN2O2S. The Kier molecular flexibility index (Phi) is 4.34. The Morgan fingerprint density at radius 2 is 1.85 bits per heavy atom. The number of nitrogen functional groups attached to an aromatic ring is 1. The van der Waals surface area contributed by atoms with Crippen LogP contribution in [-0.4, -0.2) is 14.5 Å². The third kappa shape index (κ3) is 3.30. The van der Waals surface area contributed by atoms with Crippen LogP contribution in [0.15, 0.2) is 17.0 Å². The predicted octanol–water partition coefficient (Wildman–Crippen LogP) is 2.57. The monoisotopic (exact) mass is 300 g/mol. The first-order valence-electron chi connectivity index (χ1n) is 6.87. The molecule has 0 unspecified atom stereocenters. The van der Waals surface area contributed by atoms with Crippen LogP contribution in [0, 0.1) is 18.7 Å². The maximum atomic E-state index is 13.5. The second-order valence-electron chi connectivity index (χ2n) is 5.72. The summed E-state index contributed by atoms with van der Waals surface area (Å²) < 4.78 is 40.8. The predicted molar refractivity (Wildman–Crippen MR) is 77.3 cm³/mol. The molecule has 4 nitrogen and oxygen atoms in total. The Labute approximate surface area is 119 Å². The van der Waals surface area contributed by atoms with Crippen molar-refractivity contribution in [2.24, 2.45) is 5.92 Å². The van der Waals surface area contributed by atoms with Crippen molar-refractivity contribution in [1.82, 2.24) is 4.72 Å². The topological polar surface area (TPSA) is 72.2 Å². The van der Waals surface area contributed by atoms with Crippen LogP contribution in [-0.2, 0) is 10.0 Å². The van der Waals surface area contributed by atoms with Gasteiger partial charge in [0.25, 0.3) is 0 Å². The minimum atomic E-state index is -3.64. The van der Waals surface area contributed by atoms with E-state index in [1.165, 1.54) is 19.1 Å². The van der Waals surface area contributed by atoms with Gasteiger partial charge in [-0.25, -0.2) is 17.5 Å². The lowest BCUT2D eigenvalue weighted by molar-refractivity contribution is 0.332. The molecule has 0 spiro atoms. The van der Waals surface area contributed by atoms with Gasteiger partial charge in [-0.05, 0) is 56.2 Å². The minimum absolute atomic E-state index is 0.0347. The number of anilines is 1. The summed E-state index contributed by atoms with van der Waals surface area (Å²) in [5.41, 5.74) is 5.60. The van der Waals surface area contributed by atoms with Crippen LogP contribution in [0.1, 0.15) is 38.2 Å². The standard InChI is InChI=1S/C14H21FN2O2S/c1-9-3-5-11(6-4-9)17-20(18,19)12-7-10(2)14(15)13(16)8-12/h7-9,11,17H,3-6,16H2,1-2H3. The summed E-state index contributed by atoms with van der Waals surface area (Å²) in [6.45, 7) is 3.68. The van der Waals surface area contributed by atoms with Gasteiger partial charge < -0.3 is 5.73 Å². The highest BCUT2D eigenvalue weighted by atomic mass is 32.2. The number of benzene rings is 1. The van der Waals surface area contributed by atoms with Gasteiger partial charge >= 0.3 is 0 Å². The average Bonchev–Trinajstić information content (AvgIpc) is 2.38. The molecule has 1 aromatic rings. The van der Waals surface area contributed by atoms with E-state index >= 15 is 0 Å². The van der Waals surface area contributed by atoms with Crippen molar-refractivity contribution in [3.8, 4) is 0 Å². The van der Waals surface area contributed by atoms with Crippen LogP contribution < -0.4 is 10.5 Å². The Morgan fingerprint density at radius 3 is 2.40 bits per heavy atom. The van der Waals surface area contributed by atoms with E-state index < -0.39 is 15.8 Å². The van der Waals surface area contributed by atoms with Crippen molar-refractivity contribution < 1.29 is 12.8 Å². The molecule has 20 heavy (non-hydrogen) atoms. The van der Waals surface area contributed by atoms with Crippen molar-refractivity contribution in [3.63, 3.8) is 0 Å². The lowest BCUT2D eigenvalue weighted by atomic mass is 9.88. The fourth-order valence-electron chi connectivity index (χ4n) is 2.58. The van der Waals surface area contributed by atoms with Crippen molar-refractivity contribution in [2.45, 2.75) is 50.5 Å². The van der Waals surface area contributed by atoms with Gasteiger partial charge in [-0.1, -0.05) is 6.92 Å². The molecule has 0 amide bonds. The molecule has 0 heterocycles. The summed E-state index contributed by atoms with van der Waals surface area (Å²) >= 11 is 0. The van der Waals surface area contributed by atoms with Gasteiger partial charge in [-0.15, -0.1) is 0 Å². The lowest BCUT2D eigenvalue weighted by Gasteiger charge is -2.26. The van der Waals surface area contributed by atoms with E-state index in [0.29, 0.717) is 5.92 Å². The van der Waals surface area contributed by atoms with E-state index in [1.807, 2.05) is 0 Å². The molecule has 0 bridgehead atoms. The zero-order chi connectivity index (χ0) is 14.9. The smallest absolute Gasteiger partial charge is 0.240 e. The Balaban J connectivity index is 2.18. The molecule has 1 saturated carbocycles. The fourth-order valence-corrected chi connectivity index (χ4v) is 4.01. The van der Waals surface area contributed by atoms with Crippen LogP contribution in [0.2, 0.25) is 0 Å². The molecule has 1 aliphatic carbocycles. The highest BCUT2D eigenvalue weighted by Gasteiger charge is 2.25. The molecule has 1 aromatic carbocycles. The van der Waals surface area contributed by atoms with E-state index in [2.05, 4.69) is 11.6 Å². The molecule has 1 aliphatic rings. The first-order chi connectivity index (χ1) is 9.29. The maximum absolute atomic E-state index is 13.5. The number of halogens is 1. The molecular weight excluding hydrogens is 279 g/mol. The highest BCUT2D eigenvalue weighted by molar-refractivity contribution is 7.89. The van der Waals surface area contributed by atoms with Crippen molar-refractivity contribution in [3.05, 3.63) is 23.5 Å². The maximum Gasteiger partial charge on any atom is 0.240 e. The van der Waals surface area contributed by atoms with Gasteiger partial charge in [0, 0.05) is 6.04 Å². The van der Waals surface area contributed by atoms with Gasteiger partial charge in [-0.2, -0.15) is 0 Å². The summed E-state index contributed by atoms with van der Waals surface area (Å²) in [5.74, 6) is 0.0925. The summed E-state index contributed by atoms with van der Waals surface area (Å²) in [5, 5.41) is 0. The van der Waals surface area contributed by atoms with Crippen molar-refractivity contribution >= 4 is 15.7 Å². The zero-order valence-electron chi connectivity index (χ0n) is 11.8. The summed E-state index contributed by atoms with van der Waals surface area (Å²) in [7, 11) is -3.64. The second kappa shape index (κ2) is 5.69. The van der Waals surface area contributed by atoms with Gasteiger partial charge in [0.15, 0.2) is 0 Å². The first kappa shape index (κ1) is 15.3. The first-order valence-corrected chi connectivity index (χ1v) is 8.36. The molecule has 0 aromatic heterocycles. The number of rotatable bonds is 3. The Morgan fingerprint density at radius 1 is 1.25 bits per heavy atom. The molecule has 0 saturated heterocycles.